The smallest absolute Gasteiger partial charge is 0.0305 e. The first-order chi connectivity index (χ1) is 6.61. The molecule has 0 radical (unpaired) electrons. The molecule has 0 atom stereocenters. The predicted octanol–water partition coefficient (Wildman–Crippen LogP) is 4.43. The maximum absolute atomic E-state index is 4.05. The first kappa shape index (κ1) is 15.6. The Bertz CT molecular complexity index is 196. The molecule has 0 amide bonds. The van der Waals surface area contributed by atoms with Crippen LogP contribution in [0.4, 0.5) is 0 Å². The molecule has 0 bridgehead atoms. The van der Waals surface area contributed by atoms with Gasteiger partial charge in [-0.15, -0.1) is 0 Å². The molecule has 0 aromatic carbocycles. The molecular weight excluding hydrogens is 170 g/mol. The van der Waals surface area contributed by atoms with Gasteiger partial charge in [0.1, 0.15) is 0 Å². The van der Waals surface area contributed by atoms with E-state index in [1.165, 1.54) is 5.56 Å². The molecule has 0 saturated carbocycles. The average molecular weight is 195 g/mol. The van der Waals surface area contributed by atoms with Gasteiger partial charge in [0.2, 0.25) is 0 Å². The normalized spacial score (nSPS) is 9.07. The molecule has 1 nitrogen and oxygen atoms in total. The molecule has 1 aromatic rings. The second kappa shape index (κ2) is 8.74. The van der Waals surface area contributed by atoms with E-state index < -0.39 is 0 Å². The van der Waals surface area contributed by atoms with Crippen LogP contribution in [0.1, 0.15) is 54.0 Å². The minimum absolute atomic E-state index is 0.230. The highest BCUT2D eigenvalue weighted by Gasteiger charge is 2.11. The Kier molecular flexibility index (Phi) is 9.74. The average Bonchev–Trinajstić information content (AvgIpc) is 2.24. The molecule has 0 spiro atoms. The zero-order valence-electron chi connectivity index (χ0n) is 10.8. The van der Waals surface area contributed by atoms with Crippen molar-refractivity contribution < 1.29 is 0 Å². The molecule has 0 fully saturated rings. The number of aromatic nitrogens is 1. The van der Waals surface area contributed by atoms with Gasteiger partial charge in [0.05, 0.1) is 0 Å². The minimum Gasteiger partial charge on any atom is -0.264 e. The Morgan fingerprint density at radius 2 is 1.50 bits per heavy atom. The zero-order valence-corrected chi connectivity index (χ0v) is 10.8. The van der Waals surface area contributed by atoms with E-state index in [4.69, 9.17) is 0 Å². The summed E-state index contributed by atoms with van der Waals surface area (Å²) >= 11 is 0. The lowest BCUT2D eigenvalue weighted by Gasteiger charge is -2.17. The molecule has 1 aromatic heterocycles. The fraction of sp³-hybridized carbons (Fsp3) is 0.615. The summed E-state index contributed by atoms with van der Waals surface area (Å²) in [6, 6.07) is 4.08. The third-order valence-corrected chi connectivity index (χ3v) is 1.53. The highest BCUT2D eigenvalue weighted by Crippen LogP contribution is 2.19. The number of rotatable bonds is 0. The van der Waals surface area contributed by atoms with Crippen molar-refractivity contribution in [1.82, 2.24) is 4.98 Å². The van der Waals surface area contributed by atoms with Crippen molar-refractivity contribution >= 4 is 0 Å². The third kappa shape index (κ3) is 6.64. The second-order valence-electron chi connectivity index (χ2n) is 3.49. The van der Waals surface area contributed by atoms with Gasteiger partial charge in [-0.1, -0.05) is 54.5 Å². The van der Waals surface area contributed by atoms with Crippen molar-refractivity contribution in [3.63, 3.8) is 0 Å². The largest absolute Gasteiger partial charge is 0.264 e. The monoisotopic (exact) mass is 195 g/mol. The summed E-state index contributed by atoms with van der Waals surface area (Å²) < 4.78 is 0. The van der Waals surface area contributed by atoms with Gasteiger partial charge in [0.15, 0.2) is 0 Å². The van der Waals surface area contributed by atoms with Crippen molar-refractivity contribution in [2.24, 2.45) is 0 Å². The second-order valence-corrected chi connectivity index (χ2v) is 3.49. The summed E-state index contributed by atoms with van der Waals surface area (Å²) in [4.78, 5) is 4.05. The van der Waals surface area contributed by atoms with E-state index >= 15 is 0 Å². The molecule has 1 heterocycles. The summed E-state index contributed by atoms with van der Waals surface area (Å²) in [5.41, 5.74) is 1.52. The van der Waals surface area contributed by atoms with Crippen LogP contribution < -0.4 is 0 Å². The quantitative estimate of drug-likeness (QED) is 0.596. The maximum atomic E-state index is 4.05. The molecule has 0 saturated heterocycles. The molecule has 0 aliphatic rings. The Morgan fingerprint density at radius 1 is 1.00 bits per heavy atom. The van der Waals surface area contributed by atoms with Gasteiger partial charge in [-0.3, -0.25) is 4.98 Å². The van der Waals surface area contributed by atoms with Gasteiger partial charge in [0.25, 0.3) is 0 Å². The molecule has 1 rings (SSSR count). The van der Waals surface area contributed by atoms with Crippen LogP contribution in [0.15, 0.2) is 24.5 Å². The molecule has 0 unspecified atom stereocenters. The molecule has 0 aliphatic heterocycles. The van der Waals surface area contributed by atoms with Crippen LogP contribution in [0, 0.1) is 0 Å². The number of hydrogen-bond acceptors (Lipinski definition) is 1. The highest BCUT2D eigenvalue weighted by atomic mass is 14.6. The van der Waals surface area contributed by atoms with Crippen LogP contribution in [0.5, 0.6) is 0 Å². The zero-order chi connectivity index (χ0) is 11.6. The summed E-state index contributed by atoms with van der Waals surface area (Å²) in [5, 5.41) is 0. The van der Waals surface area contributed by atoms with Gasteiger partial charge in [-0.05, 0) is 17.0 Å². The van der Waals surface area contributed by atoms with Crippen molar-refractivity contribution in [3.8, 4) is 0 Å². The first-order valence-corrected chi connectivity index (χ1v) is 5.51. The van der Waals surface area contributed by atoms with Crippen molar-refractivity contribution in [3.05, 3.63) is 30.1 Å². The lowest BCUT2D eigenvalue weighted by Crippen LogP contribution is -2.10. The van der Waals surface area contributed by atoms with Crippen LogP contribution in [0.2, 0.25) is 0 Å². The molecule has 0 N–H and O–H groups in total. The molecule has 82 valence electrons. The Labute approximate surface area is 89.6 Å². The van der Waals surface area contributed by atoms with Gasteiger partial charge in [-0.25, -0.2) is 0 Å². The van der Waals surface area contributed by atoms with Crippen LogP contribution in [0.25, 0.3) is 0 Å². The maximum Gasteiger partial charge on any atom is 0.0305 e. The summed E-state index contributed by atoms with van der Waals surface area (Å²) in [5.74, 6) is 0. The minimum atomic E-state index is 0.230. The van der Waals surface area contributed by atoms with Gasteiger partial charge in [-0.2, -0.15) is 0 Å². The van der Waals surface area contributed by atoms with E-state index in [-0.39, 0.29) is 5.41 Å². The van der Waals surface area contributed by atoms with Crippen LogP contribution in [-0.4, -0.2) is 4.98 Å². The van der Waals surface area contributed by atoms with Gasteiger partial charge >= 0.3 is 0 Å². The summed E-state index contributed by atoms with van der Waals surface area (Å²) in [6.07, 6.45) is 3.72. The Morgan fingerprint density at radius 3 is 1.71 bits per heavy atom. The first-order valence-electron chi connectivity index (χ1n) is 5.51. The SMILES string of the molecule is CC.CC.CC(C)(C)c1cccnc1. The number of pyridine rings is 1. The van der Waals surface area contributed by atoms with E-state index in [2.05, 4.69) is 31.8 Å². The lowest BCUT2D eigenvalue weighted by atomic mass is 9.88. The molecule has 14 heavy (non-hydrogen) atoms. The Hall–Kier alpha value is -0.850. The van der Waals surface area contributed by atoms with Gasteiger partial charge < -0.3 is 0 Å². The number of hydrogen-bond donors (Lipinski definition) is 0. The third-order valence-electron chi connectivity index (χ3n) is 1.53. The Balaban J connectivity index is 0. The summed E-state index contributed by atoms with van der Waals surface area (Å²) in [7, 11) is 0. The van der Waals surface area contributed by atoms with E-state index in [0.29, 0.717) is 0 Å². The lowest BCUT2D eigenvalue weighted by molar-refractivity contribution is 0.587. The van der Waals surface area contributed by atoms with E-state index in [9.17, 15) is 0 Å². The summed E-state index contributed by atoms with van der Waals surface area (Å²) in [6.45, 7) is 14.6. The van der Waals surface area contributed by atoms with Gasteiger partial charge in [0, 0.05) is 12.4 Å². The molecule has 0 aliphatic carbocycles. The highest BCUT2D eigenvalue weighted by molar-refractivity contribution is 5.17. The van der Waals surface area contributed by atoms with Crippen LogP contribution in [-0.2, 0) is 5.41 Å². The predicted molar refractivity (Wildman–Crippen MR) is 65.6 cm³/mol. The molecule has 1 heteroatoms. The van der Waals surface area contributed by atoms with E-state index in [0.717, 1.165) is 0 Å². The fourth-order valence-corrected chi connectivity index (χ4v) is 0.806. The van der Waals surface area contributed by atoms with Crippen LogP contribution in [0.3, 0.4) is 0 Å². The van der Waals surface area contributed by atoms with Crippen molar-refractivity contribution in [1.29, 1.82) is 0 Å². The number of nitrogens with zero attached hydrogens (tertiary/aromatic N) is 1. The van der Waals surface area contributed by atoms with Crippen molar-refractivity contribution in [2.45, 2.75) is 53.9 Å². The molecular formula is C13H25N. The fourth-order valence-electron chi connectivity index (χ4n) is 0.806. The van der Waals surface area contributed by atoms with E-state index in [1.807, 2.05) is 40.0 Å². The van der Waals surface area contributed by atoms with E-state index in [1.54, 1.807) is 6.20 Å². The van der Waals surface area contributed by atoms with Crippen LogP contribution >= 0.6 is 0 Å². The topological polar surface area (TPSA) is 12.9 Å². The standard InChI is InChI=1S/C9H13N.2C2H6/c1-9(2,3)8-5-4-6-10-7-8;2*1-2/h4-7H,1-3H3;2*1-2H3. The van der Waals surface area contributed by atoms with Crippen molar-refractivity contribution in [2.75, 3.05) is 0 Å².